The maximum absolute atomic E-state index is 12.8. The highest BCUT2D eigenvalue weighted by Crippen LogP contribution is 2.25. The van der Waals surface area contributed by atoms with Crippen LogP contribution in [-0.4, -0.2) is 25.7 Å². The van der Waals surface area contributed by atoms with E-state index in [1.54, 1.807) is 42.7 Å². The molecule has 0 spiro atoms. The SMILES string of the molecule is O=C(Nc1cc(-c2ccco2)nn1-c1nc2c(c(=O)[nH]1)CCC2)c1cccc(Br)c1. The Morgan fingerprint density at radius 1 is 1.20 bits per heavy atom. The van der Waals surface area contributed by atoms with Crippen molar-refractivity contribution in [2.75, 3.05) is 5.32 Å². The molecule has 4 aromatic rings. The van der Waals surface area contributed by atoms with Crippen LogP contribution in [0.15, 0.2) is 62.4 Å². The van der Waals surface area contributed by atoms with Gasteiger partial charge in [0.25, 0.3) is 11.5 Å². The summed E-state index contributed by atoms with van der Waals surface area (Å²) in [6.45, 7) is 0. The quantitative estimate of drug-likeness (QED) is 0.477. The van der Waals surface area contributed by atoms with Crippen molar-refractivity contribution in [2.24, 2.45) is 0 Å². The van der Waals surface area contributed by atoms with Crippen LogP contribution in [-0.2, 0) is 12.8 Å². The molecule has 0 fully saturated rings. The van der Waals surface area contributed by atoms with Crippen LogP contribution in [0.25, 0.3) is 17.4 Å². The minimum absolute atomic E-state index is 0.174. The molecule has 0 aliphatic heterocycles. The van der Waals surface area contributed by atoms with Crippen LogP contribution >= 0.6 is 15.9 Å². The van der Waals surface area contributed by atoms with E-state index in [2.05, 4.69) is 36.3 Å². The smallest absolute Gasteiger partial charge is 0.256 e. The first kappa shape index (κ1) is 18.6. The molecule has 1 aromatic carbocycles. The summed E-state index contributed by atoms with van der Waals surface area (Å²) in [5, 5.41) is 7.38. The Balaban J connectivity index is 1.59. The lowest BCUT2D eigenvalue weighted by molar-refractivity contribution is 0.102. The van der Waals surface area contributed by atoms with Crippen LogP contribution in [0, 0.1) is 0 Å². The minimum Gasteiger partial charge on any atom is -0.463 e. The molecule has 9 heteroatoms. The number of hydrogen-bond acceptors (Lipinski definition) is 5. The summed E-state index contributed by atoms with van der Waals surface area (Å²) in [6, 6.07) is 12.3. The summed E-state index contributed by atoms with van der Waals surface area (Å²) in [6.07, 6.45) is 3.92. The zero-order valence-electron chi connectivity index (χ0n) is 15.7. The molecular formula is C21H16BrN5O3. The second-order valence-electron chi connectivity index (χ2n) is 6.94. The molecule has 30 heavy (non-hydrogen) atoms. The first-order valence-electron chi connectivity index (χ1n) is 9.42. The van der Waals surface area contributed by atoms with Crippen LogP contribution in [0.3, 0.4) is 0 Å². The minimum atomic E-state index is -0.313. The summed E-state index contributed by atoms with van der Waals surface area (Å²) in [5.41, 5.74) is 2.30. The molecule has 3 aromatic heterocycles. The van der Waals surface area contributed by atoms with Crippen LogP contribution < -0.4 is 10.9 Å². The first-order valence-corrected chi connectivity index (χ1v) is 10.2. The van der Waals surface area contributed by atoms with E-state index in [-0.39, 0.29) is 17.4 Å². The normalized spacial score (nSPS) is 12.7. The lowest BCUT2D eigenvalue weighted by Gasteiger charge is -2.09. The number of furan rings is 1. The van der Waals surface area contributed by atoms with Crippen molar-refractivity contribution in [1.29, 1.82) is 0 Å². The van der Waals surface area contributed by atoms with Crippen molar-refractivity contribution in [1.82, 2.24) is 19.7 Å². The molecule has 1 aliphatic carbocycles. The van der Waals surface area contributed by atoms with Crippen molar-refractivity contribution in [3.8, 4) is 17.4 Å². The van der Waals surface area contributed by atoms with Gasteiger partial charge in [-0.25, -0.2) is 4.98 Å². The molecule has 1 aliphatic rings. The Hall–Kier alpha value is -3.46. The van der Waals surface area contributed by atoms with E-state index < -0.39 is 0 Å². The van der Waals surface area contributed by atoms with Crippen LogP contribution in [0.2, 0.25) is 0 Å². The van der Waals surface area contributed by atoms with Crippen molar-refractivity contribution in [3.05, 3.63) is 80.4 Å². The first-order chi connectivity index (χ1) is 14.6. The number of aromatic amines is 1. The number of halogens is 1. The van der Waals surface area contributed by atoms with Crippen molar-refractivity contribution in [2.45, 2.75) is 19.3 Å². The average Bonchev–Trinajstić information content (AvgIpc) is 3.48. The molecule has 0 unspecified atom stereocenters. The number of aryl methyl sites for hydroxylation is 1. The molecule has 1 amide bonds. The van der Waals surface area contributed by atoms with E-state index in [1.807, 2.05) is 6.07 Å². The molecule has 0 saturated heterocycles. The zero-order valence-corrected chi connectivity index (χ0v) is 17.3. The number of hydrogen-bond donors (Lipinski definition) is 2. The summed E-state index contributed by atoms with van der Waals surface area (Å²) in [4.78, 5) is 32.7. The number of carbonyl (C=O) groups is 1. The van der Waals surface area contributed by atoms with E-state index >= 15 is 0 Å². The molecule has 5 rings (SSSR count). The number of anilines is 1. The molecule has 0 radical (unpaired) electrons. The van der Waals surface area contributed by atoms with Gasteiger partial charge in [0, 0.05) is 21.7 Å². The lowest BCUT2D eigenvalue weighted by Crippen LogP contribution is -2.21. The Morgan fingerprint density at radius 3 is 2.90 bits per heavy atom. The van der Waals surface area contributed by atoms with Gasteiger partial charge in [0.2, 0.25) is 5.95 Å². The number of benzene rings is 1. The fourth-order valence-corrected chi connectivity index (χ4v) is 3.92. The van der Waals surface area contributed by atoms with Gasteiger partial charge in [-0.05, 0) is 49.6 Å². The predicted molar refractivity (Wildman–Crippen MR) is 114 cm³/mol. The average molecular weight is 466 g/mol. The van der Waals surface area contributed by atoms with Gasteiger partial charge in [-0.1, -0.05) is 22.0 Å². The fourth-order valence-electron chi connectivity index (χ4n) is 3.52. The molecule has 0 atom stereocenters. The highest BCUT2D eigenvalue weighted by atomic mass is 79.9. The zero-order chi connectivity index (χ0) is 20.7. The third kappa shape index (κ3) is 3.37. The van der Waals surface area contributed by atoms with E-state index in [4.69, 9.17) is 4.42 Å². The molecule has 8 nitrogen and oxygen atoms in total. The molecular weight excluding hydrogens is 450 g/mol. The Morgan fingerprint density at radius 2 is 2.10 bits per heavy atom. The van der Waals surface area contributed by atoms with Crippen molar-refractivity contribution < 1.29 is 9.21 Å². The topological polar surface area (TPSA) is 106 Å². The van der Waals surface area contributed by atoms with E-state index in [9.17, 15) is 9.59 Å². The predicted octanol–water partition coefficient (Wildman–Crippen LogP) is 3.72. The standard InChI is InChI=1S/C21H16BrN5O3/c22-13-5-1-4-12(10-13)19(28)24-18-11-16(17-8-3-9-30-17)26-27(18)21-23-15-7-2-6-14(15)20(29)25-21/h1,3-5,8-11H,2,6-7H2,(H,24,28)(H,23,25,29). The number of carbonyl (C=O) groups excluding carboxylic acids is 1. The van der Waals surface area contributed by atoms with Crippen LogP contribution in [0.4, 0.5) is 5.82 Å². The summed E-state index contributed by atoms with van der Waals surface area (Å²) in [5.74, 6) is 0.845. The number of aromatic nitrogens is 4. The van der Waals surface area contributed by atoms with Gasteiger partial charge >= 0.3 is 0 Å². The fraction of sp³-hybridized carbons (Fsp3) is 0.143. The third-order valence-corrected chi connectivity index (χ3v) is 5.43. The number of amides is 1. The summed E-state index contributed by atoms with van der Waals surface area (Å²) >= 11 is 3.37. The number of H-pyrrole nitrogens is 1. The van der Waals surface area contributed by atoms with Gasteiger partial charge in [-0.2, -0.15) is 9.78 Å². The Labute approximate surface area is 179 Å². The highest BCUT2D eigenvalue weighted by Gasteiger charge is 2.21. The maximum atomic E-state index is 12.8. The largest absolute Gasteiger partial charge is 0.463 e. The highest BCUT2D eigenvalue weighted by molar-refractivity contribution is 9.10. The van der Waals surface area contributed by atoms with Gasteiger partial charge in [0.1, 0.15) is 11.5 Å². The second kappa shape index (κ2) is 7.42. The molecule has 150 valence electrons. The van der Waals surface area contributed by atoms with Gasteiger partial charge in [0.05, 0.1) is 12.0 Å². The molecule has 2 N–H and O–H groups in total. The monoisotopic (exact) mass is 465 g/mol. The van der Waals surface area contributed by atoms with Crippen molar-refractivity contribution in [3.63, 3.8) is 0 Å². The maximum Gasteiger partial charge on any atom is 0.256 e. The van der Waals surface area contributed by atoms with Crippen molar-refractivity contribution >= 4 is 27.7 Å². The van der Waals surface area contributed by atoms with Crippen LogP contribution in [0.5, 0.6) is 0 Å². The Kier molecular flexibility index (Phi) is 4.59. The van der Waals surface area contributed by atoms with Gasteiger partial charge in [-0.3, -0.25) is 14.6 Å². The molecule has 0 bridgehead atoms. The number of nitrogens with one attached hydrogen (secondary N) is 2. The van der Waals surface area contributed by atoms with E-state index in [0.717, 1.165) is 35.0 Å². The summed E-state index contributed by atoms with van der Waals surface area (Å²) < 4.78 is 7.66. The van der Waals surface area contributed by atoms with Crippen LogP contribution in [0.1, 0.15) is 28.0 Å². The molecule has 0 saturated carbocycles. The number of nitrogens with zero attached hydrogens (tertiary/aromatic N) is 3. The number of rotatable bonds is 4. The number of fused-ring (bicyclic) bond motifs is 1. The van der Waals surface area contributed by atoms with E-state index in [1.165, 1.54) is 4.68 Å². The van der Waals surface area contributed by atoms with Gasteiger partial charge < -0.3 is 9.73 Å². The van der Waals surface area contributed by atoms with E-state index in [0.29, 0.717) is 22.8 Å². The second-order valence-corrected chi connectivity index (χ2v) is 7.85. The lowest BCUT2D eigenvalue weighted by atomic mass is 10.2. The van der Waals surface area contributed by atoms with Gasteiger partial charge in [0.15, 0.2) is 5.76 Å². The van der Waals surface area contributed by atoms with Gasteiger partial charge in [-0.15, -0.1) is 0 Å². The summed E-state index contributed by atoms with van der Waals surface area (Å²) in [7, 11) is 0. The molecule has 3 heterocycles. The Bertz CT molecular complexity index is 1310. The third-order valence-electron chi connectivity index (χ3n) is 4.94.